The van der Waals surface area contributed by atoms with Gasteiger partial charge in [0.1, 0.15) is 0 Å². The number of hydrogen-bond acceptors (Lipinski definition) is 4. The van der Waals surface area contributed by atoms with Crippen LogP contribution in [0.5, 0.6) is 0 Å². The van der Waals surface area contributed by atoms with Crippen molar-refractivity contribution < 1.29 is 19.1 Å². The Morgan fingerprint density at radius 2 is 1.76 bits per heavy atom. The van der Waals surface area contributed by atoms with Crippen molar-refractivity contribution in [3.63, 3.8) is 0 Å². The van der Waals surface area contributed by atoms with Crippen LogP contribution in [0.1, 0.15) is 47.0 Å². The molecule has 1 atom stereocenters. The summed E-state index contributed by atoms with van der Waals surface area (Å²) in [4.78, 5) is 22.9. The van der Waals surface area contributed by atoms with Crippen LogP contribution in [0.25, 0.3) is 0 Å². The van der Waals surface area contributed by atoms with E-state index in [1.165, 1.54) is 0 Å². The van der Waals surface area contributed by atoms with Gasteiger partial charge in [0.25, 0.3) is 0 Å². The van der Waals surface area contributed by atoms with E-state index in [0.717, 1.165) is 6.42 Å². The second kappa shape index (κ2) is 9.02. The molecule has 17 heavy (non-hydrogen) atoms. The third kappa shape index (κ3) is 7.77. The molecule has 0 spiro atoms. The molecule has 0 aliphatic heterocycles. The highest BCUT2D eigenvalue weighted by Gasteiger charge is 2.22. The van der Waals surface area contributed by atoms with E-state index in [2.05, 4.69) is 13.8 Å². The first-order valence-corrected chi connectivity index (χ1v) is 6.33. The Morgan fingerprint density at radius 1 is 1.12 bits per heavy atom. The van der Waals surface area contributed by atoms with Crippen molar-refractivity contribution in [3.8, 4) is 0 Å². The largest absolute Gasteiger partial charge is 0.466 e. The van der Waals surface area contributed by atoms with Gasteiger partial charge in [-0.1, -0.05) is 20.8 Å². The van der Waals surface area contributed by atoms with Crippen molar-refractivity contribution in [1.29, 1.82) is 0 Å². The lowest BCUT2D eigenvalue weighted by molar-refractivity contribution is -0.155. The number of rotatable bonds is 8. The summed E-state index contributed by atoms with van der Waals surface area (Å²) in [7, 11) is 0. The molecule has 0 N–H and O–H groups in total. The van der Waals surface area contributed by atoms with E-state index in [-0.39, 0.29) is 24.3 Å². The molecule has 4 heteroatoms. The second-order valence-electron chi connectivity index (χ2n) is 4.46. The van der Waals surface area contributed by atoms with Crippen LogP contribution in [0.2, 0.25) is 0 Å². The first-order valence-electron chi connectivity index (χ1n) is 6.33. The first kappa shape index (κ1) is 15.9. The van der Waals surface area contributed by atoms with Gasteiger partial charge >= 0.3 is 11.9 Å². The molecule has 0 aromatic rings. The monoisotopic (exact) mass is 244 g/mol. The molecule has 0 amide bonds. The molecule has 4 nitrogen and oxygen atoms in total. The van der Waals surface area contributed by atoms with Crippen LogP contribution in [0, 0.1) is 11.8 Å². The van der Waals surface area contributed by atoms with Gasteiger partial charge in [-0.2, -0.15) is 0 Å². The van der Waals surface area contributed by atoms with Gasteiger partial charge in [0, 0.05) is 0 Å². The minimum atomic E-state index is -0.374. The lowest BCUT2D eigenvalue weighted by Crippen LogP contribution is -2.22. The number of carbonyl (C=O) groups is 2. The van der Waals surface area contributed by atoms with Crippen molar-refractivity contribution in [1.82, 2.24) is 0 Å². The van der Waals surface area contributed by atoms with Crippen molar-refractivity contribution in [2.75, 3.05) is 13.2 Å². The summed E-state index contributed by atoms with van der Waals surface area (Å²) in [5.74, 6) is -0.490. The highest BCUT2D eigenvalue weighted by molar-refractivity contribution is 5.79. The molecule has 0 saturated heterocycles. The molecule has 100 valence electrons. The maximum Gasteiger partial charge on any atom is 0.309 e. The molecule has 0 aromatic carbocycles. The molecule has 0 fully saturated rings. The Balaban J connectivity index is 3.99. The molecular weight excluding hydrogens is 220 g/mol. The van der Waals surface area contributed by atoms with Crippen LogP contribution >= 0.6 is 0 Å². The predicted octanol–water partition coefficient (Wildman–Crippen LogP) is 2.56. The maximum atomic E-state index is 11.7. The summed E-state index contributed by atoms with van der Waals surface area (Å²) in [5, 5.41) is 0. The van der Waals surface area contributed by atoms with Crippen LogP contribution in [-0.4, -0.2) is 25.2 Å². The zero-order valence-corrected chi connectivity index (χ0v) is 11.3. The van der Waals surface area contributed by atoms with Gasteiger partial charge in [-0.3, -0.25) is 9.59 Å². The van der Waals surface area contributed by atoms with Crippen LogP contribution in [0.3, 0.4) is 0 Å². The maximum absolute atomic E-state index is 11.7. The summed E-state index contributed by atoms with van der Waals surface area (Å²) >= 11 is 0. The molecule has 0 bridgehead atoms. The Morgan fingerprint density at radius 3 is 2.24 bits per heavy atom. The van der Waals surface area contributed by atoms with E-state index in [1.807, 2.05) is 6.92 Å². The van der Waals surface area contributed by atoms with Crippen LogP contribution < -0.4 is 0 Å². The topological polar surface area (TPSA) is 52.6 Å². The number of carbonyl (C=O) groups excluding carboxylic acids is 2. The predicted molar refractivity (Wildman–Crippen MR) is 65.4 cm³/mol. The third-order valence-electron chi connectivity index (χ3n) is 2.48. The summed E-state index contributed by atoms with van der Waals surface area (Å²) < 4.78 is 9.96. The van der Waals surface area contributed by atoms with E-state index in [1.54, 1.807) is 6.92 Å². The van der Waals surface area contributed by atoms with Gasteiger partial charge < -0.3 is 9.47 Å². The van der Waals surface area contributed by atoms with E-state index < -0.39 is 0 Å². The third-order valence-corrected chi connectivity index (χ3v) is 2.48. The molecule has 0 aliphatic carbocycles. The number of esters is 2. The molecule has 0 rings (SSSR count). The van der Waals surface area contributed by atoms with E-state index in [4.69, 9.17) is 9.47 Å². The van der Waals surface area contributed by atoms with Gasteiger partial charge in [-0.15, -0.1) is 0 Å². The summed E-state index contributed by atoms with van der Waals surface area (Å²) in [6.07, 6.45) is 1.56. The van der Waals surface area contributed by atoms with Gasteiger partial charge in [0.15, 0.2) is 0 Å². The van der Waals surface area contributed by atoms with E-state index >= 15 is 0 Å². The highest BCUT2D eigenvalue weighted by atomic mass is 16.5. The van der Waals surface area contributed by atoms with Crippen molar-refractivity contribution in [3.05, 3.63) is 0 Å². The fraction of sp³-hybridized carbons (Fsp3) is 0.846. The zero-order valence-electron chi connectivity index (χ0n) is 11.3. The summed E-state index contributed by atoms with van der Waals surface area (Å²) in [5.41, 5.74) is 0. The Kier molecular flexibility index (Phi) is 8.46. The fourth-order valence-electron chi connectivity index (χ4n) is 1.33. The fourth-order valence-corrected chi connectivity index (χ4v) is 1.33. The number of hydrogen-bond donors (Lipinski definition) is 0. The van der Waals surface area contributed by atoms with Crippen LogP contribution in [-0.2, 0) is 19.1 Å². The summed E-state index contributed by atoms with van der Waals surface area (Å²) in [6, 6.07) is 0. The minimum absolute atomic E-state index is 0.116. The standard InChI is InChI=1S/C13H24O4/c1-5-11(9-12(14)16-6-2)13(15)17-8-7-10(3)4/h10-11H,5-9H2,1-4H3. The first-order chi connectivity index (χ1) is 8.01. The van der Waals surface area contributed by atoms with Crippen LogP contribution in [0.4, 0.5) is 0 Å². The average molecular weight is 244 g/mol. The average Bonchev–Trinajstić information content (AvgIpc) is 2.25. The molecular formula is C13H24O4. The zero-order chi connectivity index (χ0) is 13.3. The van der Waals surface area contributed by atoms with Gasteiger partial charge in [-0.05, 0) is 25.7 Å². The molecule has 0 heterocycles. The Hall–Kier alpha value is -1.06. The van der Waals surface area contributed by atoms with E-state index in [0.29, 0.717) is 25.6 Å². The Labute approximate surface area is 104 Å². The number of ether oxygens (including phenoxy) is 2. The molecule has 0 saturated carbocycles. The van der Waals surface area contributed by atoms with Crippen molar-refractivity contribution in [2.24, 2.45) is 11.8 Å². The molecule has 1 unspecified atom stereocenters. The van der Waals surface area contributed by atoms with Crippen LogP contribution in [0.15, 0.2) is 0 Å². The van der Waals surface area contributed by atoms with Crippen molar-refractivity contribution >= 4 is 11.9 Å². The smallest absolute Gasteiger partial charge is 0.309 e. The SMILES string of the molecule is CCOC(=O)CC(CC)C(=O)OCCC(C)C. The van der Waals surface area contributed by atoms with Gasteiger partial charge in [0.05, 0.1) is 25.6 Å². The van der Waals surface area contributed by atoms with Gasteiger partial charge in [0.2, 0.25) is 0 Å². The molecule has 0 aliphatic rings. The molecule has 0 radical (unpaired) electrons. The van der Waals surface area contributed by atoms with Crippen molar-refractivity contribution in [2.45, 2.75) is 47.0 Å². The second-order valence-corrected chi connectivity index (χ2v) is 4.46. The van der Waals surface area contributed by atoms with Gasteiger partial charge in [-0.25, -0.2) is 0 Å². The van der Waals surface area contributed by atoms with E-state index in [9.17, 15) is 9.59 Å². The minimum Gasteiger partial charge on any atom is -0.466 e. The lowest BCUT2D eigenvalue weighted by Gasteiger charge is -2.14. The lowest BCUT2D eigenvalue weighted by atomic mass is 10.0. The quantitative estimate of drug-likeness (QED) is 0.616. The Bertz CT molecular complexity index is 236. The normalized spacial score (nSPS) is 12.3. The summed E-state index contributed by atoms with van der Waals surface area (Å²) in [6.45, 7) is 8.54. The highest BCUT2D eigenvalue weighted by Crippen LogP contribution is 2.12. The molecule has 0 aromatic heterocycles.